The van der Waals surface area contributed by atoms with Gasteiger partial charge in [-0.2, -0.15) is 0 Å². The Morgan fingerprint density at radius 3 is 2.77 bits per heavy atom. The van der Waals surface area contributed by atoms with Crippen LogP contribution in [0.1, 0.15) is 40.9 Å². The number of halogens is 1. The number of ether oxygens (including phenoxy) is 1. The van der Waals surface area contributed by atoms with E-state index in [0.717, 1.165) is 24.0 Å². The molecule has 4 heterocycles. The van der Waals surface area contributed by atoms with Crippen molar-refractivity contribution in [3.63, 3.8) is 0 Å². The lowest BCUT2D eigenvalue weighted by Crippen LogP contribution is -2.40. The van der Waals surface area contributed by atoms with Crippen molar-refractivity contribution in [2.45, 2.75) is 30.3 Å². The van der Waals surface area contributed by atoms with E-state index < -0.39 is 17.0 Å². The number of amides is 1. The lowest BCUT2D eigenvalue weighted by Gasteiger charge is -2.26. The summed E-state index contributed by atoms with van der Waals surface area (Å²) in [5.74, 6) is -0.329. The Morgan fingerprint density at radius 2 is 2.04 bits per heavy atom. The van der Waals surface area contributed by atoms with Crippen LogP contribution in [0.5, 0.6) is 0 Å². The molecule has 132 valence electrons. The van der Waals surface area contributed by atoms with Crippen molar-refractivity contribution in [2.75, 3.05) is 13.1 Å². The van der Waals surface area contributed by atoms with Crippen molar-refractivity contribution in [1.29, 1.82) is 0 Å². The van der Waals surface area contributed by atoms with E-state index in [4.69, 9.17) is 16.3 Å². The number of likely N-dealkylation sites (tertiary alicyclic amines) is 1. The number of pyridine rings is 2. The van der Waals surface area contributed by atoms with Crippen LogP contribution in [-0.4, -0.2) is 39.8 Å². The standard InChI is InChI=1S/C19H16ClN3O3/c20-14-4-3-12(10-22-14)18(5-6-18)17(25)23-9-7-19(11-23)13-2-1-8-21-15(13)16(24)26-19/h1-4,8,10H,5-7,9,11H2/t19-/m0/s1. The van der Waals surface area contributed by atoms with E-state index >= 15 is 0 Å². The van der Waals surface area contributed by atoms with Crippen LogP contribution in [-0.2, 0) is 20.5 Å². The number of nitrogens with zero attached hydrogens (tertiary/aromatic N) is 3. The number of rotatable bonds is 2. The lowest BCUT2D eigenvalue weighted by atomic mass is 9.93. The average Bonchev–Trinajstić information content (AvgIpc) is 3.28. The van der Waals surface area contributed by atoms with Gasteiger partial charge in [0.2, 0.25) is 5.91 Å². The molecule has 5 rings (SSSR count). The van der Waals surface area contributed by atoms with Crippen molar-refractivity contribution in [3.05, 3.63) is 58.6 Å². The molecule has 7 heteroatoms. The van der Waals surface area contributed by atoms with Crippen molar-refractivity contribution in [1.82, 2.24) is 14.9 Å². The number of fused-ring (bicyclic) bond motifs is 2. The number of hydrogen-bond acceptors (Lipinski definition) is 5. The predicted octanol–water partition coefficient (Wildman–Crippen LogP) is 2.46. The van der Waals surface area contributed by atoms with Gasteiger partial charge >= 0.3 is 5.97 Å². The second kappa shape index (κ2) is 5.27. The highest BCUT2D eigenvalue weighted by molar-refractivity contribution is 6.29. The van der Waals surface area contributed by atoms with Crippen LogP contribution in [0.15, 0.2) is 36.7 Å². The predicted molar refractivity (Wildman–Crippen MR) is 92.7 cm³/mol. The summed E-state index contributed by atoms with van der Waals surface area (Å²) in [6.45, 7) is 0.933. The molecule has 2 aliphatic heterocycles. The number of aromatic nitrogens is 2. The molecule has 2 aromatic heterocycles. The molecular formula is C19H16ClN3O3. The first-order chi connectivity index (χ1) is 12.5. The molecule has 0 bridgehead atoms. The van der Waals surface area contributed by atoms with E-state index in [1.807, 2.05) is 17.0 Å². The van der Waals surface area contributed by atoms with Crippen LogP contribution in [0.4, 0.5) is 0 Å². The summed E-state index contributed by atoms with van der Waals surface area (Å²) in [5, 5.41) is 0.416. The molecule has 2 fully saturated rings. The molecule has 1 saturated heterocycles. The monoisotopic (exact) mass is 369 g/mol. The minimum absolute atomic E-state index is 0.0758. The largest absolute Gasteiger partial charge is 0.447 e. The molecule has 1 spiro atoms. The average molecular weight is 370 g/mol. The zero-order valence-corrected chi connectivity index (χ0v) is 14.7. The maximum atomic E-state index is 13.3. The van der Waals surface area contributed by atoms with Gasteiger partial charge in [-0.3, -0.25) is 4.79 Å². The molecule has 0 N–H and O–H groups in total. The molecule has 1 atom stereocenters. The van der Waals surface area contributed by atoms with Gasteiger partial charge in [0.15, 0.2) is 11.3 Å². The van der Waals surface area contributed by atoms with Gasteiger partial charge in [0.05, 0.1) is 12.0 Å². The molecule has 2 aromatic rings. The Morgan fingerprint density at radius 1 is 1.19 bits per heavy atom. The maximum absolute atomic E-state index is 13.3. The van der Waals surface area contributed by atoms with Gasteiger partial charge in [-0.15, -0.1) is 0 Å². The number of carbonyl (C=O) groups excluding carboxylic acids is 2. The SMILES string of the molecule is O=C1O[C@]2(CCN(C(=O)C3(c4ccc(Cl)nc4)CC3)C2)c2cccnc21. The fraction of sp³-hybridized carbons (Fsp3) is 0.368. The second-order valence-corrected chi connectivity index (χ2v) is 7.60. The summed E-state index contributed by atoms with van der Waals surface area (Å²) in [7, 11) is 0. The van der Waals surface area contributed by atoms with Gasteiger partial charge in [-0.1, -0.05) is 23.7 Å². The molecule has 1 saturated carbocycles. The molecule has 3 aliphatic rings. The fourth-order valence-corrected chi connectivity index (χ4v) is 4.30. The Labute approximate surface area is 155 Å². The zero-order valence-electron chi connectivity index (χ0n) is 13.9. The van der Waals surface area contributed by atoms with Crippen LogP contribution < -0.4 is 0 Å². The summed E-state index contributed by atoms with van der Waals surface area (Å²) in [4.78, 5) is 35.5. The molecule has 1 aliphatic carbocycles. The summed E-state index contributed by atoms with van der Waals surface area (Å²) < 4.78 is 5.69. The highest BCUT2D eigenvalue weighted by Crippen LogP contribution is 2.51. The van der Waals surface area contributed by atoms with Crippen molar-refractivity contribution in [3.8, 4) is 0 Å². The van der Waals surface area contributed by atoms with Gasteiger partial charge in [0.25, 0.3) is 0 Å². The smallest absolute Gasteiger partial charge is 0.358 e. The van der Waals surface area contributed by atoms with E-state index in [1.54, 1.807) is 24.5 Å². The lowest BCUT2D eigenvalue weighted by molar-refractivity contribution is -0.134. The second-order valence-electron chi connectivity index (χ2n) is 7.21. The normalized spacial score (nSPS) is 25.3. The third-order valence-electron chi connectivity index (χ3n) is 5.74. The van der Waals surface area contributed by atoms with Gasteiger partial charge in [0, 0.05) is 30.9 Å². The van der Waals surface area contributed by atoms with Gasteiger partial charge in [-0.25, -0.2) is 14.8 Å². The molecule has 26 heavy (non-hydrogen) atoms. The highest BCUT2D eigenvalue weighted by Gasteiger charge is 2.58. The van der Waals surface area contributed by atoms with Crippen LogP contribution in [0, 0.1) is 0 Å². The summed E-state index contributed by atoms with van der Waals surface area (Å²) >= 11 is 5.87. The number of hydrogen-bond donors (Lipinski definition) is 0. The fourth-order valence-electron chi connectivity index (χ4n) is 4.19. The van der Waals surface area contributed by atoms with Gasteiger partial charge in [0.1, 0.15) is 5.15 Å². The Balaban J connectivity index is 1.43. The van der Waals surface area contributed by atoms with E-state index in [9.17, 15) is 9.59 Å². The minimum atomic E-state index is -0.759. The van der Waals surface area contributed by atoms with E-state index in [2.05, 4.69) is 9.97 Å². The summed E-state index contributed by atoms with van der Waals surface area (Å²) in [6.07, 6.45) is 5.48. The summed E-state index contributed by atoms with van der Waals surface area (Å²) in [5.41, 5.74) is 0.787. The molecule has 6 nitrogen and oxygen atoms in total. The van der Waals surface area contributed by atoms with Crippen LogP contribution >= 0.6 is 11.6 Å². The van der Waals surface area contributed by atoms with Gasteiger partial charge in [-0.05, 0) is 30.5 Å². The third kappa shape index (κ3) is 2.11. The van der Waals surface area contributed by atoms with Crippen LogP contribution in [0.2, 0.25) is 5.15 Å². The number of carbonyl (C=O) groups is 2. The van der Waals surface area contributed by atoms with Gasteiger partial charge < -0.3 is 9.64 Å². The third-order valence-corrected chi connectivity index (χ3v) is 5.96. The van der Waals surface area contributed by atoms with Crippen molar-refractivity contribution >= 4 is 23.5 Å². The Bertz CT molecular complexity index is 926. The van der Waals surface area contributed by atoms with Crippen LogP contribution in [0.25, 0.3) is 0 Å². The Hall–Kier alpha value is -2.47. The van der Waals surface area contributed by atoms with Crippen molar-refractivity contribution in [2.24, 2.45) is 0 Å². The van der Waals surface area contributed by atoms with E-state index in [-0.39, 0.29) is 5.91 Å². The Kier molecular flexibility index (Phi) is 3.19. The topological polar surface area (TPSA) is 72.4 Å². The zero-order chi connectivity index (χ0) is 17.9. The van der Waals surface area contributed by atoms with E-state index in [0.29, 0.717) is 30.4 Å². The molecule has 1 amide bonds. The molecule has 0 radical (unpaired) electrons. The number of esters is 1. The van der Waals surface area contributed by atoms with Crippen LogP contribution in [0.3, 0.4) is 0 Å². The molecule has 0 unspecified atom stereocenters. The van der Waals surface area contributed by atoms with Crippen molar-refractivity contribution < 1.29 is 14.3 Å². The minimum Gasteiger partial charge on any atom is -0.447 e. The first kappa shape index (κ1) is 15.8. The summed E-state index contributed by atoms with van der Waals surface area (Å²) in [6, 6.07) is 7.27. The molecule has 0 aromatic carbocycles. The first-order valence-corrected chi connectivity index (χ1v) is 9.02. The quantitative estimate of drug-likeness (QED) is 0.600. The molecular weight excluding hydrogens is 354 g/mol. The van der Waals surface area contributed by atoms with E-state index in [1.165, 1.54) is 0 Å². The first-order valence-electron chi connectivity index (χ1n) is 8.64. The highest BCUT2D eigenvalue weighted by atomic mass is 35.5. The maximum Gasteiger partial charge on any atom is 0.358 e.